The molecule has 4 heteroatoms. The van der Waals surface area contributed by atoms with Crippen LogP contribution in [0.3, 0.4) is 0 Å². The summed E-state index contributed by atoms with van der Waals surface area (Å²) in [4.78, 5) is 12.0. The van der Waals surface area contributed by atoms with E-state index in [2.05, 4.69) is 21.2 Å². The van der Waals surface area contributed by atoms with Crippen molar-refractivity contribution in [1.29, 1.82) is 0 Å². The Morgan fingerprint density at radius 3 is 2.82 bits per heavy atom. The summed E-state index contributed by atoms with van der Waals surface area (Å²) in [5.74, 6) is -0.0831. The first-order valence-electron chi connectivity index (χ1n) is 5.72. The van der Waals surface area contributed by atoms with Crippen molar-refractivity contribution in [3.8, 4) is 0 Å². The summed E-state index contributed by atoms with van der Waals surface area (Å²) in [6, 6.07) is 5.69. The summed E-state index contributed by atoms with van der Waals surface area (Å²) >= 11 is 3.37. The zero-order valence-corrected chi connectivity index (χ0v) is 11.4. The molecule has 1 aliphatic carbocycles. The molecule has 2 rings (SSSR count). The maximum absolute atomic E-state index is 12.0. The van der Waals surface area contributed by atoms with Gasteiger partial charge in [-0.25, -0.2) is 0 Å². The molecule has 0 heterocycles. The maximum atomic E-state index is 12.0. The zero-order valence-electron chi connectivity index (χ0n) is 9.79. The zero-order chi connectivity index (χ0) is 12.5. The van der Waals surface area contributed by atoms with Gasteiger partial charge >= 0.3 is 0 Å². The molecule has 92 valence electrons. The van der Waals surface area contributed by atoms with Crippen molar-refractivity contribution in [3.63, 3.8) is 0 Å². The normalized spacial score (nSPS) is 16.6. The average Bonchev–Trinajstić information content (AvgIpc) is 3.10. The second kappa shape index (κ2) is 4.78. The molecular weight excluding hydrogens is 282 g/mol. The van der Waals surface area contributed by atoms with E-state index in [0.29, 0.717) is 12.1 Å². The van der Waals surface area contributed by atoms with Crippen LogP contribution in [0.25, 0.3) is 0 Å². The fourth-order valence-electron chi connectivity index (χ4n) is 1.74. The number of nitrogens with one attached hydrogen (secondary N) is 1. The van der Waals surface area contributed by atoms with Gasteiger partial charge in [0.1, 0.15) is 0 Å². The molecule has 3 nitrogen and oxygen atoms in total. The first-order valence-corrected chi connectivity index (χ1v) is 6.51. The first-order chi connectivity index (χ1) is 8.06. The number of hydrogen-bond donors (Lipinski definition) is 2. The van der Waals surface area contributed by atoms with Gasteiger partial charge in [0.25, 0.3) is 5.91 Å². The van der Waals surface area contributed by atoms with Crippen molar-refractivity contribution in [2.45, 2.75) is 19.8 Å². The van der Waals surface area contributed by atoms with E-state index in [1.165, 1.54) is 0 Å². The van der Waals surface area contributed by atoms with E-state index in [-0.39, 0.29) is 17.9 Å². The Kier molecular flexibility index (Phi) is 3.54. The number of carbonyl (C=O) groups excluding carboxylic acids is 1. The number of carbonyl (C=O) groups is 1. The summed E-state index contributed by atoms with van der Waals surface area (Å²) in [5, 5.41) is 12.1. The quantitative estimate of drug-likeness (QED) is 0.896. The largest absolute Gasteiger partial charge is 0.396 e. The molecule has 0 radical (unpaired) electrons. The highest BCUT2D eigenvalue weighted by atomic mass is 79.9. The number of halogens is 1. The van der Waals surface area contributed by atoms with E-state index in [1.54, 1.807) is 0 Å². The van der Waals surface area contributed by atoms with Crippen LogP contribution in [0.4, 0.5) is 0 Å². The molecule has 0 aromatic heterocycles. The molecule has 0 bridgehead atoms. The molecule has 1 amide bonds. The Labute approximate surface area is 109 Å². The number of amides is 1. The maximum Gasteiger partial charge on any atom is 0.252 e. The Morgan fingerprint density at radius 2 is 2.24 bits per heavy atom. The van der Waals surface area contributed by atoms with E-state index in [0.717, 1.165) is 22.9 Å². The van der Waals surface area contributed by atoms with Gasteiger partial charge in [-0.3, -0.25) is 4.79 Å². The molecular formula is C13H16BrNO2. The highest BCUT2D eigenvalue weighted by Crippen LogP contribution is 2.44. The van der Waals surface area contributed by atoms with Crippen LogP contribution >= 0.6 is 15.9 Å². The summed E-state index contributed by atoms with van der Waals surface area (Å²) in [7, 11) is 0. The van der Waals surface area contributed by atoms with Gasteiger partial charge in [0, 0.05) is 16.4 Å². The van der Waals surface area contributed by atoms with E-state index < -0.39 is 0 Å². The minimum Gasteiger partial charge on any atom is -0.396 e. The SMILES string of the molecule is Cc1ccc(Br)c(C(=O)NCC2(CO)CC2)c1. The molecule has 1 aromatic rings. The van der Waals surface area contributed by atoms with Gasteiger partial charge in [-0.1, -0.05) is 11.6 Å². The van der Waals surface area contributed by atoms with Gasteiger partial charge < -0.3 is 10.4 Å². The third kappa shape index (κ3) is 2.87. The highest BCUT2D eigenvalue weighted by Gasteiger charge is 2.42. The Bertz CT molecular complexity index is 441. The molecule has 1 fully saturated rings. The molecule has 0 spiro atoms. The predicted molar refractivity (Wildman–Crippen MR) is 70.0 cm³/mol. The van der Waals surface area contributed by atoms with Crippen LogP contribution in [0, 0.1) is 12.3 Å². The van der Waals surface area contributed by atoms with Crippen LogP contribution < -0.4 is 5.32 Å². The standard InChI is InChI=1S/C13H16BrNO2/c1-9-2-3-11(14)10(6-9)12(17)15-7-13(8-16)4-5-13/h2-3,6,16H,4-5,7-8H2,1H3,(H,15,17). The molecule has 0 saturated heterocycles. The molecule has 1 aliphatic rings. The smallest absolute Gasteiger partial charge is 0.252 e. The van der Waals surface area contributed by atoms with E-state index >= 15 is 0 Å². The second-order valence-corrected chi connectivity index (χ2v) is 5.68. The predicted octanol–water partition coefficient (Wildman–Crippen LogP) is 2.26. The second-order valence-electron chi connectivity index (χ2n) is 4.82. The molecule has 17 heavy (non-hydrogen) atoms. The Hall–Kier alpha value is -0.870. The summed E-state index contributed by atoms with van der Waals surface area (Å²) in [6.07, 6.45) is 2.00. The number of rotatable bonds is 4. The fourth-order valence-corrected chi connectivity index (χ4v) is 2.17. The van der Waals surface area contributed by atoms with E-state index in [4.69, 9.17) is 0 Å². The van der Waals surface area contributed by atoms with E-state index in [1.807, 2.05) is 25.1 Å². The van der Waals surface area contributed by atoms with Crippen molar-refractivity contribution in [3.05, 3.63) is 33.8 Å². The number of aryl methyl sites for hydroxylation is 1. The van der Waals surface area contributed by atoms with Crippen LogP contribution in [0.15, 0.2) is 22.7 Å². The lowest BCUT2D eigenvalue weighted by atomic mass is 10.1. The topological polar surface area (TPSA) is 49.3 Å². The summed E-state index contributed by atoms with van der Waals surface area (Å²) < 4.78 is 0.800. The lowest BCUT2D eigenvalue weighted by Gasteiger charge is -2.13. The highest BCUT2D eigenvalue weighted by molar-refractivity contribution is 9.10. The van der Waals surface area contributed by atoms with Crippen molar-refractivity contribution in [1.82, 2.24) is 5.32 Å². The van der Waals surface area contributed by atoms with Gasteiger partial charge in [-0.15, -0.1) is 0 Å². The van der Waals surface area contributed by atoms with Gasteiger partial charge in [-0.2, -0.15) is 0 Å². The van der Waals surface area contributed by atoms with Crippen molar-refractivity contribution < 1.29 is 9.90 Å². The molecule has 1 aromatic carbocycles. The van der Waals surface area contributed by atoms with Crippen molar-refractivity contribution >= 4 is 21.8 Å². The van der Waals surface area contributed by atoms with Crippen molar-refractivity contribution in [2.24, 2.45) is 5.41 Å². The molecule has 2 N–H and O–H groups in total. The Morgan fingerprint density at radius 1 is 1.53 bits per heavy atom. The number of aliphatic hydroxyl groups is 1. The first kappa shape index (κ1) is 12.6. The lowest BCUT2D eigenvalue weighted by molar-refractivity contribution is 0.0934. The third-order valence-electron chi connectivity index (χ3n) is 3.28. The van der Waals surface area contributed by atoms with Crippen LogP contribution in [0.2, 0.25) is 0 Å². The molecule has 0 unspecified atom stereocenters. The monoisotopic (exact) mass is 297 g/mol. The third-order valence-corrected chi connectivity index (χ3v) is 3.97. The number of hydrogen-bond acceptors (Lipinski definition) is 2. The van der Waals surface area contributed by atoms with Crippen LogP contribution in [-0.2, 0) is 0 Å². The summed E-state index contributed by atoms with van der Waals surface area (Å²) in [5.41, 5.74) is 1.66. The van der Waals surface area contributed by atoms with E-state index in [9.17, 15) is 9.90 Å². The Balaban J connectivity index is 2.02. The molecule has 0 aliphatic heterocycles. The summed E-state index contributed by atoms with van der Waals surface area (Å²) in [6.45, 7) is 2.67. The lowest BCUT2D eigenvalue weighted by Crippen LogP contribution is -2.32. The molecule has 0 atom stereocenters. The van der Waals surface area contributed by atoms with Crippen molar-refractivity contribution in [2.75, 3.05) is 13.2 Å². The van der Waals surface area contributed by atoms with Crippen LogP contribution in [0.1, 0.15) is 28.8 Å². The fraction of sp³-hybridized carbons (Fsp3) is 0.462. The van der Waals surface area contributed by atoms with Crippen LogP contribution in [-0.4, -0.2) is 24.2 Å². The van der Waals surface area contributed by atoms with Gasteiger partial charge in [-0.05, 0) is 47.8 Å². The molecule has 1 saturated carbocycles. The van der Waals surface area contributed by atoms with Gasteiger partial charge in [0.15, 0.2) is 0 Å². The van der Waals surface area contributed by atoms with Gasteiger partial charge in [0.2, 0.25) is 0 Å². The van der Waals surface area contributed by atoms with Gasteiger partial charge in [0.05, 0.1) is 12.2 Å². The number of benzene rings is 1. The van der Waals surface area contributed by atoms with Crippen LogP contribution in [0.5, 0.6) is 0 Å². The number of aliphatic hydroxyl groups excluding tert-OH is 1. The average molecular weight is 298 g/mol. The minimum atomic E-state index is -0.0831. The minimum absolute atomic E-state index is 0.0496.